The number of carboxylic acid groups (broad SMARTS) is 1. The monoisotopic (exact) mass is 728 g/mol. The molecule has 2 saturated heterocycles. The number of nitrogens with zero attached hydrogens (tertiary/aromatic N) is 5. The fourth-order valence-electron chi connectivity index (χ4n) is 5.72. The third-order valence-electron chi connectivity index (χ3n) is 8.27. The summed E-state index contributed by atoms with van der Waals surface area (Å²) in [6, 6.07) is 5.08. The molecule has 0 aliphatic carbocycles. The van der Waals surface area contributed by atoms with Gasteiger partial charge in [-0.3, -0.25) is 39.5 Å². The van der Waals surface area contributed by atoms with Crippen LogP contribution < -0.4 is 21.7 Å². The molecule has 1 aromatic carbocycles. The first-order chi connectivity index (χ1) is 23.4. The number of benzene rings is 1. The molecule has 0 saturated carbocycles. The molecule has 7 N–H and O–H groups in total. The Kier molecular flexibility index (Phi) is 9.09. The van der Waals surface area contributed by atoms with Gasteiger partial charge in [-0.05, 0) is 36.1 Å². The van der Waals surface area contributed by atoms with E-state index in [0.29, 0.717) is 25.7 Å². The first-order valence-corrected chi connectivity index (χ1v) is 17.5. The number of β-lactam (4-membered cyclic amide) rings is 1. The number of carbonyl (C=O) groups is 7. The van der Waals surface area contributed by atoms with Crippen LogP contribution in [0.1, 0.15) is 12.5 Å². The van der Waals surface area contributed by atoms with Crippen molar-refractivity contribution in [1.82, 2.24) is 45.8 Å². The molecule has 3 atom stereocenters. The van der Waals surface area contributed by atoms with Crippen molar-refractivity contribution in [3.05, 3.63) is 52.8 Å². The van der Waals surface area contributed by atoms with Crippen molar-refractivity contribution < 1.29 is 38.7 Å². The molecule has 3 aromatic rings. The van der Waals surface area contributed by atoms with Crippen molar-refractivity contribution in [3.63, 3.8) is 0 Å². The highest BCUT2D eigenvalue weighted by atomic mass is 32.2. The normalized spacial score (nSPS) is 22.0. The summed E-state index contributed by atoms with van der Waals surface area (Å²) in [6.45, 7) is 1.81. The highest BCUT2D eigenvalue weighted by Gasteiger charge is 2.67. The van der Waals surface area contributed by atoms with E-state index in [1.165, 1.54) is 45.6 Å². The van der Waals surface area contributed by atoms with Gasteiger partial charge in [-0.25, -0.2) is 9.59 Å². The van der Waals surface area contributed by atoms with Crippen molar-refractivity contribution in [2.45, 2.75) is 28.0 Å². The lowest BCUT2D eigenvalue weighted by Gasteiger charge is -2.57. The Labute approximate surface area is 289 Å². The zero-order chi connectivity index (χ0) is 35.1. The van der Waals surface area contributed by atoms with Gasteiger partial charge in [0.05, 0.1) is 0 Å². The van der Waals surface area contributed by atoms with E-state index in [1.807, 2.05) is 0 Å². The Balaban J connectivity index is 1.32. The third kappa shape index (κ3) is 5.77. The molecule has 256 valence electrons. The number of hydrogen-bond donors (Lipinski definition) is 6. The Bertz CT molecular complexity index is 1920. The number of imide groups is 1. The Morgan fingerprint density at radius 3 is 2.71 bits per heavy atom. The molecular weight excluding hydrogens is 701 g/mol. The fourth-order valence-corrected chi connectivity index (χ4v) is 8.78. The summed E-state index contributed by atoms with van der Waals surface area (Å²) in [6.07, 6.45) is 1.82. The maximum absolute atomic E-state index is 14.3. The van der Waals surface area contributed by atoms with Crippen LogP contribution in [0.25, 0.3) is 10.9 Å². The SMILES string of the molecule is CCN1CCN(C(=O)NC(N)(C(=O)N[C@]2(NC=O)C(=O)N3C(C(=O)O)=C(CSc4nncs4)CS[C@H]32)c2ccc3[nH]ccc3c2)C(=O)C1=O. The number of nitrogens with two attached hydrogens (primary N) is 1. The molecule has 2 fully saturated rings. The van der Waals surface area contributed by atoms with Crippen molar-refractivity contribution >= 4 is 87.8 Å². The molecule has 0 spiro atoms. The number of rotatable bonds is 11. The van der Waals surface area contributed by atoms with Crippen LogP contribution in [0.2, 0.25) is 0 Å². The van der Waals surface area contributed by atoms with Gasteiger partial charge in [0, 0.05) is 48.4 Å². The number of amides is 7. The van der Waals surface area contributed by atoms with E-state index in [9.17, 15) is 38.7 Å². The van der Waals surface area contributed by atoms with Gasteiger partial charge in [0.15, 0.2) is 10.0 Å². The quantitative estimate of drug-likeness (QED) is 0.0463. The number of nitrogens with one attached hydrogen (secondary N) is 4. The van der Waals surface area contributed by atoms with Gasteiger partial charge in [0.1, 0.15) is 16.6 Å². The summed E-state index contributed by atoms with van der Waals surface area (Å²) < 4.78 is 0.598. The van der Waals surface area contributed by atoms with Crippen LogP contribution in [0.4, 0.5) is 4.79 Å². The number of aromatic amines is 1. The zero-order valence-electron chi connectivity index (χ0n) is 25.5. The highest BCUT2D eigenvalue weighted by molar-refractivity contribution is 8.01. The van der Waals surface area contributed by atoms with E-state index < -0.39 is 52.3 Å². The smallest absolute Gasteiger partial charge is 0.352 e. The summed E-state index contributed by atoms with van der Waals surface area (Å²) in [5.41, 5.74) is 4.37. The topological polar surface area (TPSA) is 253 Å². The van der Waals surface area contributed by atoms with Crippen LogP contribution in [0.15, 0.2) is 51.6 Å². The summed E-state index contributed by atoms with van der Waals surface area (Å²) in [4.78, 5) is 97.3. The lowest BCUT2D eigenvalue weighted by molar-refractivity contribution is -0.163. The van der Waals surface area contributed by atoms with Crippen molar-refractivity contribution in [2.75, 3.05) is 31.1 Å². The number of carboxylic acids is 1. The zero-order valence-corrected chi connectivity index (χ0v) is 27.9. The maximum atomic E-state index is 14.3. The van der Waals surface area contributed by atoms with E-state index in [2.05, 4.69) is 31.1 Å². The van der Waals surface area contributed by atoms with Gasteiger partial charge in [-0.2, -0.15) is 0 Å². The van der Waals surface area contributed by atoms with Gasteiger partial charge in [0.25, 0.3) is 11.8 Å². The number of likely N-dealkylation sites (N-methyl/N-ethyl adjacent to an activating group) is 1. The van der Waals surface area contributed by atoms with Crippen molar-refractivity contribution in [1.29, 1.82) is 0 Å². The molecule has 1 unspecified atom stereocenters. The largest absolute Gasteiger partial charge is 0.477 e. The summed E-state index contributed by atoms with van der Waals surface area (Å²) in [5.74, 6) is -5.25. The number of fused-ring (bicyclic) bond motifs is 2. The van der Waals surface area contributed by atoms with Gasteiger partial charge >= 0.3 is 23.8 Å². The molecule has 0 radical (unpaired) electrons. The Morgan fingerprint density at radius 1 is 1.22 bits per heavy atom. The average molecular weight is 729 g/mol. The molecule has 21 heteroatoms. The Morgan fingerprint density at radius 2 is 2.02 bits per heavy atom. The molecule has 49 heavy (non-hydrogen) atoms. The van der Waals surface area contributed by atoms with Crippen LogP contribution in [0.5, 0.6) is 0 Å². The molecule has 0 bridgehead atoms. The second-order valence-electron chi connectivity index (χ2n) is 11.0. The number of aromatic nitrogens is 3. The second-order valence-corrected chi connectivity index (χ2v) is 14.1. The summed E-state index contributed by atoms with van der Waals surface area (Å²) in [7, 11) is 0. The molecule has 2 aromatic heterocycles. The van der Waals surface area contributed by atoms with Gasteiger partial charge in [-0.1, -0.05) is 29.2 Å². The van der Waals surface area contributed by atoms with Gasteiger partial charge in [-0.15, -0.1) is 22.0 Å². The third-order valence-corrected chi connectivity index (χ3v) is 11.6. The van der Waals surface area contributed by atoms with E-state index in [4.69, 9.17) is 5.73 Å². The standard InChI is InChI=1S/C28H28N10O8S3/c1-2-36-7-8-37(20(41)19(36)40)25(46)34-27(29,16-3-4-17-14(9-16)5-6-30-17)22(44)33-28(31-12-39)23(45)38-18(21(42)43)15(10-47-24(28)38)11-48-26-35-32-13-49-26/h3-6,9,12-13,24,30H,2,7-8,10-11,29H2,1H3,(H,31,39)(H,33,44)(H,34,46)(H,42,43)/t24-,27?,28+/m0/s1. The van der Waals surface area contributed by atoms with E-state index >= 15 is 0 Å². The molecule has 3 aliphatic heterocycles. The number of hydrogen-bond acceptors (Lipinski definition) is 13. The molecule has 6 rings (SSSR count). The number of H-pyrrole nitrogens is 1. The van der Waals surface area contributed by atoms with Crippen LogP contribution in [-0.4, -0.2) is 119 Å². The molecule has 7 amide bonds. The van der Waals surface area contributed by atoms with Crippen molar-refractivity contribution in [2.24, 2.45) is 5.73 Å². The number of carbonyl (C=O) groups excluding carboxylic acids is 6. The minimum absolute atomic E-state index is 0.0275. The predicted octanol–water partition coefficient (Wildman–Crippen LogP) is -0.864. The number of urea groups is 1. The minimum Gasteiger partial charge on any atom is -0.477 e. The van der Waals surface area contributed by atoms with Crippen LogP contribution in [0, 0.1) is 0 Å². The molecule has 5 heterocycles. The van der Waals surface area contributed by atoms with E-state index in [0.717, 1.165) is 16.7 Å². The summed E-state index contributed by atoms with van der Waals surface area (Å²) in [5, 5.41) is 24.5. The van der Waals surface area contributed by atoms with E-state index in [1.54, 1.807) is 25.3 Å². The number of piperazine rings is 1. The van der Waals surface area contributed by atoms with Crippen LogP contribution in [-0.2, 0) is 34.4 Å². The Hall–Kier alpha value is -4.99. The van der Waals surface area contributed by atoms with E-state index in [-0.39, 0.29) is 48.8 Å². The highest BCUT2D eigenvalue weighted by Crippen LogP contribution is 2.46. The second kappa shape index (κ2) is 13.1. The minimum atomic E-state index is -2.49. The fraction of sp³-hybridized carbons (Fsp3) is 0.321. The first kappa shape index (κ1) is 33.9. The molecular formula is C28H28N10O8S3. The first-order valence-electron chi connectivity index (χ1n) is 14.6. The average Bonchev–Trinajstić information content (AvgIpc) is 3.79. The number of thioether (sulfide) groups is 2. The van der Waals surface area contributed by atoms with Gasteiger partial charge < -0.3 is 30.9 Å². The molecule has 18 nitrogen and oxygen atoms in total. The predicted molar refractivity (Wildman–Crippen MR) is 175 cm³/mol. The lowest BCUT2D eigenvalue weighted by atomic mass is 9.92. The van der Waals surface area contributed by atoms with Crippen LogP contribution >= 0.6 is 34.9 Å². The lowest BCUT2D eigenvalue weighted by Crippen LogP contribution is -2.86. The number of aliphatic carboxylic acids is 1. The molecule has 3 aliphatic rings. The van der Waals surface area contributed by atoms with Crippen molar-refractivity contribution in [3.8, 4) is 0 Å². The van der Waals surface area contributed by atoms with Gasteiger partial charge in [0.2, 0.25) is 12.1 Å². The maximum Gasteiger partial charge on any atom is 0.352 e. The van der Waals surface area contributed by atoms with Crippen LogP contribution in [0.3, 0.4) is 0 Å². The summed E-state index contributed by atoms with van der Waals surface area (Å²) >= 11 is 3.61.